The summed E-state index contributed by atoms with van der Waals surface area (Å²) in [6.07, 6.45) is 11.7. The minimum absolute atomic E-state index is 0.100. The van der Waals surface area contributed by atoms with Crippen LogP contribution >= 0.6 is 0 Å². The van der Waals surface area contributed by atoms with E-state index < -0.39 is 9.52 Å². The SMILES string of the molecule is CCC=CC[SiH2]C(c1ccccc1)(c1ccccc1)n1ccnc1.[B]C=C(c1ccccc1)c1ccccc1. The molecular weight excluding hydrogens is 487 g/mol. The Balaban J connectivity index is 0.000000202. The standard InChI is InChI=1S/C21H24N2Si.C14H11B/c1-2-3-10-17-24-21(23-16-15-22-18-23,19-11-6-4-7-12-19)20-13-8-5-9-14-20;15-11-14(12-7-3-1-4-8-12)13-9-5-2-6-10-13/h3-16,18H,2,17,24H2,1H3;1-11H. The molecule has 0 saturated heterocycles. The van der Waals surface area contributed by atoms with E-state index in [1.54, 1.807) is 5.98 Å². The van der Waals surface area contributed by atoms with Crippen molar-refractivity contribution in [3.63, 3.8) is 0 Å². The number of hydrogen-bond donors (Lipinski definition) is 0. The molecule has 0 amide bonds. The average Bonchev–Trinajstić information content (AvgIpc) is 3.56. The van der Waals surface area contributed by atoms with Crippen LogP contribution in [0.2, 0.25) is 6.04 Å². The summed E-state index contributed by atoms with van der Waals surface area (Å²) in [6, 6.07) is 43.2. The fraction of sp³-hybridized carbons (Fsp3) is 0.114. The Labute approximate surface area is 237 Å². The largest absolute Gasteiger partial charge is 0.327 e. The van der Waals surface area contributed by atoms with Crippen LogP contribution in [0.5, 0.6) is 0 Å². The lowest BCUT2D eigenvalue weighted by molar-refractivity contribution is 0.592. The van der Waals surface area contributed by atoms with Gasteiger partial charge in [-0.1, -0.05) is 140 Å². The van der Waals surface area contributed by atoms with Crippen molar-refractivity contribution in [2.75, 3.05) is 0 Å². The lowest BCUT2D eigenvalue weighted by Crippen LogP contribution is -2.41. The summed E-state index contributed by atoms with van der Waals surface area (Å²) < 4.78 is 2.31. The highest BCUT2D eigenvalue weighted by atomic mass is 28.2. The molecule has 0 aliphatic rings. The van der Waals surface area contributed by atoms with Crippen LogP contribution in [0.15, 0.2) is 158 Å². The van der Waals surface area contributed by atoms with Gasteiger partial charge in [-0.25, -0.2) is 4.98 Å². The van der Waals surface area contributed by atoms with Crippen molar-refractivity contribution < 1.29 is 0 Å². The van der Waals surface area contributed by atoms with Gasteiger partial charge in [-0.3, -0.25) is 0 Å². The number of hydrogen-bond acceptors (Lipinski definition) is 1. The van der Waals surface area contributed by atoms with E-state index in [1.807, 2.05) is 48.9 Å². The second-order valence-electron chi connectivity index (χ2n) is 9.29. The van der Waals surface area contributed by atoms with E-state index in [0.717, 1.165) is 29.2 Å². The molecule has 4 aromatic carbocycles. The van der Waals surface area contributed by atoms with Crippen molar-refractivity contribution in [3.8, 4) is 0 Å². The molecule has 0 aliphatic heterocycles. The molecular formula is C35H35BN2Si. The zero-order valence-corrected chi connectivity index (χ0v) is 24.0. The maximum absolute atomic E-state index is 5.67. The van der Waals surface area contributed by atoms with Crippen molar-refractivity contribution in [2.24, 2.45) is 0 Å². The van der Waals surface area contributed by atoms with E-state index in [0.29, 0.717) is 0 Å². The molecule has 0 N–H and O–H groups in total. The molecule has 2 radical (unpaired) electrons. The highest BCUT2D eigenvalue weighted by Gasteiger charge is 2.35. The molecule has 0 fully saturated rings. The molecule has 0 spiro atoms. The maximum atomic E-state index is 5.67. The molecule has 2 nitrogen and oxygen atoms in total. The van der Waals surface area contributed by atoms with Crippen LogP contribution in [0.25, 0.3) is 5.57 Å². The molecule has 5 aromatic rings. The van der Waals surface area contributed by atoms with E-state index >= 15 is 0 Å². The van der Waals surface area contributed by atoms with E-state index in [1.165, 1.54) is 11.1 Å². The summed E-state index contributed by atoms with van der Waals surface area (Å²) in [5.41, 5.74) is 6.06. The highest BCUT2D eigenvalue weighted by Crippen LogP contribution is 2.34. The lowest BCUT2D eigenvalue weighted by Gasteiger charge is -2.36. The number of imidazole rings is 1. The normalized spacial score (nSPS) is 11.3. The highest BCUT2D eigenvalue weighted by molar-refractivity contribution is 6.42. The van der Waals surface area contributed by atoms with Gasteiger partial charge in [0.2, 0.25) is 0 Å². The Bertz CT molecular complexity index is 1330. The molecule has 0 aliphatic carbocycles. The second kappa shape index (κ2) is 14.7. The van der Waals surface area contributed by atoms with E-state index in [2.05, 4.69) is 120 Å². The predicted octanol–water partition coefficient (Wildman–Crippen LogP) is 7.43. The minimum Gasteiger partial charge on any atom is -0.327 e. The fourth-order valence-electron chi connectivity index (χ4n) is 4.97. The smallest absolute Gasteiger partial charge is 0.103 e. The van der Waals surface area contributed by atoms with Gasteiger partial charge in [0.05, 0.1) is 21.0 Å². The molecule has 1 aromatic heterocycles. The molecule has 39 heavy (non-hydrogen) atoms. The van der Waals surface area contributed by atoms with Crippen LogP contribution in [-0.4, -0.2) is 26.9 Å². The Kier molecular flexibility index (Phi) is 10.5. The Hall–Kier alpha value is -4.15. The number of aromatic nitrogens is 2. The van der Waals surface area contributed by atoms with Crippen molar-refractivity contribution in [2.45, 2.75) is 24.6 Å². The van der Waals surface area contributed by atoms with E-state index in [-0.39, 0.29) is 5.16 Å². The molecule has 0 saturated carbocycles. The molecule has 0 atom stereocenters. The summed E-state index contributed by atoms with van der Waals surface area (Å²) in [5.74, 6) is 1.66. The van der Waals surface area contributed by atoms with Crippen molar-refractivity contribution in [1.82, 2.24) is 9.55 Å². The van der Waals surface area contributed by atoms with Crippen LogP contribution in [0.1, 0.15) is 35.6 Å². The Morgan fingerprint density at radius 1 is 0.744 bits per heavy atom. The van der Waals surface area contributed by atoms with Crippen molar-refractivity contribution in [1.29, 1.82) is 0 Å². The predicted molar refractivity (Wildman–Crippen MR) is 170 cm³/mol. The molecule has 0 unspecified atom stereocenters. The van der Waals surface area contributed by atoms with Crippen molar-refractivity contribution >= 4 is 22.9 Å². The Morgan fingerprint density at radius 3 is 1.64 bits per heavy atom. The van der Waals surface area contributed by atoms with E-state index in [9.17, 15) is 0 Å². The molecule has 0 bridgehead atoms. The zero-order chi connectivity index (χ0) is 27.2. The van der Waals surface area contributed by atoms with Gasteiger partial charge >= 0.3 is 0 Å². The van der Waals surface area contributed by atoms with Gasteiger partial charge in [0.25, 0.3) is 0 Å². The third-order valence-electron chi connectivity index (χ3n) is 6.86. The first-order valence-corrected chi connectivity index (χ1v) is 15.3. The van der Waals surface area contributed by atoms with Gasteiger partial charge in [-0.15, -0.1) is 5.98 Å². The van der Waals surface area contributed by atoms with Crippen LogP contribution in [0.3, 0.4) is 0 Å². The first-order valence-electron chi connectivity index (χ1n) is 13.6. The van der Waals surface area contributed by atoms with Gasteiger partial charge in [-0.05, 0) is 40.3 Å². The number of allylic oxidation sites excluding steroid dienone is 2. The summed E-state index contributed by atoms with van der Waals surface area (Å²) in [6.45, 7) is 2.19. The van der Waals surface area contributed by atoms with Crippen LogP contribution in [-0.2, 0) is 5.16 Å². The summed E-state index contributed by atoms with van der Waals surface area (Å²) in [4.78, 5) is 4.35. The third kappa shape index (κ3) is 7.04. The van der Waals surface area contributed by atoms with Crippen LogP contribution in [0.4, 0.5) is 0 Å². The molecule has 5 rings (SSSR count). The minimum atomic E-state index is -0.531. The quantitative estimate of drug-likeness (QED) is 0.145. The van der Waals surface area contributed by atoms with Crippen LogP contribution in [0, 0.1) is 0 Å². The first kappa shape index (κ1) is 27.9. The lowest BCUT2D eigenvalue weighted by atomic mass is 9.92. The topological polar surface area (TPSA) is 17.8 Å². The molecule has 1 heterocycles. The number of nitrogens with zero attached hydrogens (tertiary/aromatic N) is 2. The third-order valence-corrected chi connectivity index (χ3v) is 9.39. The van der Waals surface area contributed by atoms with Gasteiger partial charge in [0, 0.05) is 12.4 Å². The van der Waals surface area contributed by atoms with Gasteiger partial charge in [0.1, 0.15) is 7.85 Å². The average molecular weight is 523 g/mol. The van der Waals surface area contributed by atoms with Gasteiger partial charge in [0.15, 0.2) is 0 Å². The summed E-state index contributed by atoms with van der Waals surface area (Å²) in [7, 11) is 5.14. The first-order chi connectivity index (χ1) is 19.3. The van der Waals surface area contributed by atoms with Gasteiger partial charge < -0.3 is 4.57 Å². The molecule has 4 heteroatoms. The monoisotopic (exact) mass is 522 g/mol. The Morgan fingerprint density at radius 2 is 1.23 bits per heavy atom. The van der Waals surface area contributed by atoms with Crippen LogP contribution < -0.4 is 0 Å². The van der Waals surface area contributed by atoms with Gasteiger partial charge in [-0.2, -0.15) is 0 Å². The van der Waals surface area contributed by atoms with E-state index in [4.69, 9.17) is 7.85 Å². The summed E-state index contributed by atoms with van der Waals surface area (Å²) in [5, 5.41) is -0.100. The molecule has 192 valence electrons. The summed E-state index contributed by atoms with van der Waals surface area (Å²) >= 11 is 0. The zero-order valence-electron chi connectivity index (χ0n) is 22.6. The number of rotatable bonds is 9. The second-order valence-corrected chi connectivity index (χ2v) is 11.4. The number of benzene rings is 4. The fourth-order valence-corrected chi connectivity index (χ4v) is 7.28. The maximum Gasteiger partial charge on any atom is 0.103 e. The van der Waals surface area contributed by atoms with Crippen molar-refractivity contribution in [3.05, 3.63) is 180 Å².